The third-order valence-corrected chi connectivity index (χ3v) is 8.09. The third-order valence-electron chi connectivity index (χ3n) is 8.09. The Hall–Kier alpha value is -5.08. The lowest BCUT2D eigenvalue weighted by Gasteiger charge is -2.36. The molecule has 0 saturated carbocycles. The van der Waals surface area contributed by atoms with Crippen molar-refractivity contribution in [2.45, 2.75) is 67.5 Å². The number of amides is 6. The number of likely N-dealkylation sites (N-methyl/N-ethyl adjacent to an activating group) is 2. The van der Waals surface area contributed by atoms with Crippen LogP contribution in [-0.2, 0) is 28.8 Å². The molecule has 5 N–H and O–H groups in total. The first-order valence-corrected chi connectivity index (χ1v) is 17.9. The van der Waals surface area contributed by atoms with Crippen molar-refractivity contribution >= 4 is 35.4 Å². The quantitative estimate of drug-likeness (QED) is 0.0565. The van der Waals surface area contributed by atoms with E-state index in [0.29, 0.717) is 78.0 Å². The first-order chi connectivity index (χ1) is 25.3. The Morgan fingerprint density at radius 2 is 0.818 bits per heavy atom. The Morgan fingerprint density at radius 1 is 0.509 bits per heavy atom. The molecule has 1 atom stereocenters. The molecule has 0 aliphatic rings. The Labute approximate surface area is 329 Å². The molecule has 0 aliphatic heterocycles. The fourth-order valence-electron chi connectivity index (χ4n) is 4.56. The normalized spacial score (nSPS) is 10.9. The van der Waals surface area contributed by atoms with E-state index in [9.17, 15) is 33.9 Å². The van der Waals surface area contributed by atoms with Gasteiger partial charge in [0.1, 0.15) is 6.23 Å². The summed E-state index contributed by atoms with van der Waals surface area (Å²) in [5.74, 6) is -1.36. The van der Waals surface area contributed by atoms with E-state index in [1.807, 2.05) is 0 Å². The van der Waals surface area contributed by atoms with Crippen LogP contribution in [-0.4, -0.2) is 128 Å². The van der Waals surface area contributed by atoms with Crippen LogP contribution in [0.3, 0.4) is 0 Å². The van der Waals surface area contributed by atoms with Gasteiger partial charge in [0, 0.05) is 105 Å². The Balaban J connectivity index is 0. The van der Waals surface area contributed by atoms with Gasteiger partial charge in [-0.15, -0.1) is 0 Å². The van der Waals surface area contributed by atoms with Crippen molar-refractivity contribution in [2.24, 2.45) is 5.41 Å². The van der Waals surface area contributed by atoms with Crippen LogP contribution >= 0.6 is 0 Å². The number of hydrogen-bond donors (Lipinski definition) is 5. The molecule has 0 fully saturated rings. The lowest BCUT2D eigenvalue weighted by molar-refractivity contribution is -0.127. The molecular formula is C41H67N7O7. The van der Waals surface area contributed by atoms with Gasteiger partial charge in [0.05, 0.1) is 0 Å². The van der Waals surface area contributed by atoms with Crippen LogP contribution in [0.4, 0.5) is 0 Å². The molecule has 1 unspecified atom stereocenters. The molecular weight excluding hydrogens is 702 g/mol. The molecule has 0 aromatic carbocycles. The maximum Gasteiger partial charge on any atom is 0.248 e. The molecule has 6 amide bonds. The maximum atomic E-state index is 12.3. The van der Waals surface area contributed by atoms with Crippen molar-refractivity contribution in [2.75, 3.05) is 66.5 Å². The summed E-state index contributed by atoms with van der Waals surface area (Å²) in [6, 6.07) is 0. The summed E-state index contributed by atoms with van der Waals surface area (Å²) in [7, 11) is 3.44. The van der Waals surface area contributed by atoms with Crippen LogP contribution in [0, 0.1) is 5.41 Å². The van der Waals surface area contributed by atoms with Crippen LogP contribution in [0.2, 0.25) is 0 Å². The van der Waals surface area contributed by atoms with Crippen LogP contribution in [0.15, 0.2) is 85.1 Å². The SMILES string of the molecule is C=C(C)C(=O)N(C)CCCN(CCCN(C)C(=O)C(=C)C)C(=O)C(=C)C.C=C(C)C(=O)NCC(CNC(=O)C(=C)C)(CNC(=O)C(=C)C)CNC(O)C(=C)C. The van der Waals surface area contributed by atoms with Crippen molar-refractivity contribution in [1.82, 2.24) is 36.0 Å². The smallest absolute Gasteiger partial charge is 0.248 e. The summed E-state index contributed by atoms with van der Waals surface area (Å²) in [5, 5.41) is 21.2. The van der Waals surface area contributed by atoms with Gasteiger partial charge < -0.3 is 35.8 Å². The molecule has 0 aliphatic carbocycles. The summed E-state index contributed by atoms with van der Waals surface area (Å²) in [5.41, 5.74) is 2.07. The van der Waals surface area contributed by atoms with Crippen LogP contribution < -0.4 is 21.3 Å². The van der Waals surface area contributed by atoms with E-state index >= 15 is 0 Å². The Bertz CT molecular complexity index is 1380. The average Bonchev–Trinajstić information content (AvgIpc) is 3.11. The standard InChI is InChI=1S/C21H34N4O4.C20H33N3O3/c1-13(2)17(26)22-9-21(10-23-18(27)14(3)4,11-24-19(28)15(5)6)12-25-20(29)16(7)8;1-15(2)18(24)21(7)11-9-13-23(20(26)17(5)6)14-10-12-22(8)19(25)16(3)4/h17,22,26H,1,3,5,7,9-12H2,2,4,6,8H3,(H,23,27)(H,24,28)(H,25,29);1,3,5,9-14H2,2,4,6-8H3. The second kappa shape index (κ2) is 25.9. The number of rotatable bonds is 24. The van der Waals surface area contributed by atoms with Crippen molar-refractivity contribution < 1.29 is 33.9 Å². The van der Waals surface area contributed by atoms with E-state index in [2.05, 4.69) is 67.3 Å². The van der Waals surface area contributed by atoms with Gasteiger partial charge >= 0.3 is 0 Å². The molecule has 0 saturated heterocycles. The summed E-state index contributed by atoms with van der Waals surface area (Å²) in [4.78, 5) is 77.0. The number of aliphatic hydroxyl groups excluding tert-OH is 1. The molecule has 14 nitrogen and oxygen atoms in total. The molecule has 0 bridgehead atoms. The van der Waals surface area contributed by atoms with E-state index in [1.54, 1.807) is 77.3 Å². The zero-order valence-electron chi connectivity index (χ0n) is 34.8. The van der Waals surface area contributed by atoms with Crippen LogP contribution in [0.25, 0.3) is 0 Å². The second-order valence-electron chi connectivity index (χ2n) is 14.3. The van der Waals surface area contributed by atoms with Gasteiger partial charge in [-0.1, -0.05) is 46.1 Å². The molecule has 55 heavy (non-hydrogen) atoms. The summed E-state index contributed by atoms with van der Waals surface area (Å²) < 4.78 is 0. The van der Waals surface area contributed by atoms with Crippen molar-refractivity contribution in [3.63, 3.8) is 0 Å². The van der Waals surface area contributed by atoms with Gasteiger partial charge in [0.2, 0.25) is 35.4 Å². The Morgan fingerprint density at radius 3 is 1.07 bits per heavy atom. The van der Waals surface area contributed by atoms with Crippen molar-refractivity contribution in [3.05, 3.63) is 85.1 Å². The molecule has 0 heterocycles. The van der Waals surface area contributed by atoms with Crippen molar-refractivity contribution in [1.29, 1.82) is 0 Å². The number of aliphatic hydroxyl groups is 1. The van der Waals surface area contributed by atoms with Gasteiger partial charge in [0.15, 0.2) is 0 Å². The number of carbonyl (C=O) groups is 6. The molecule has 0 radical (unpaired) electrons. The van der Waals surface area contributed by atoms with E-state index < -0.39 is 11.6 Å². The highest BCUT2D eigenvalue weighted by Crippen LogP contribution is 2.16. The molecule has 0 rings (SSSR count). The minimum atomic E-state index is -0.986. The van der Waals surface area contributed by atoms with Gasteiger partial charge in [-0.2, -0.15) is 0 Å². The topological polar surface area (TPSA) is 180 Å². The van der Waals surface area contributed by atoms with Gasteiger partial charge in [-0.05, 0) is 66.9 Å². The van der Waals surface area contributed by atoms with E-state index in [0.717, 1.165) is 0 Å². The first kappa shape index (κ1) is 52.0. The minimum absolute atomic E-state index is 0.0947. The summed E-state index contributed by atoms with van der Waals surface area (Å²) >= 11 is 0. The van der Waals surface area contributed by atoms with Crippen LogP contribution in [0.1, 0.15) is 61.3 Å². The van der Waals surface area contributed by atoms with E-state index in [1.165, 1.54) is 0 Å². The van der Waals surface area contributed by atoms with Gasteiger partial charge in [-0.25, -0.2) is 0 Å². The van der Waals surface area contributed by atoms with E-state index in [-0.39, 0.29) is 61.6 Å². The third kappa shape index (κ3) is 21.4. The predicted octanol–water partition coefficient (Wildman–Crippen LogP) is 2.77. The lowest BCUT2D eigenvalue weighted by atomic mass is 9.86. The molecule has 0 aromatic heterocycles. The zero-order valence-corrected chi connectivity index (χ0v) is 34.8. The molecule has 14 heteroatoms. The highest BCUT2D eigenvalue weighted by Gasteiger charge is 2.33. The fourth-order valence-corrected chi connectivity index (χ4v) is 4.56. The number of nitrogens with zero attached hydrogens (tertiary/aromatic N) is 3. The largest absolute Gasteiger partial charge is 0.375 e. The number of carbonyl (C=O) groups excluding carboxylic acids is 6. The monoisotopic (exact) mass is 770 g/mol. The fraction of sp³-hybridized carbons (Fsp3) is 0.512. The highest BCUT2D eigenvalue weighted by molar-refractivity contribution is 5.94. The van der Waals surface area contributed by atoms with Gasteiger partial charge in [0.25, 0.3) is 0 Å². The maximum absolute atomic E-state index is 12.3. The number of nitrogens with one attached hydrogen (secondary N) is 4. The van der Waals surface area contributed by atoms with Gasteiger partial charge in [-0.3, -0.25) is 34.1 Å². The molecule has 0 aromatic rings. The Kier molecular flexibility index (Phi) is 24.5. The summed E-state index contributed by atoms with van der Waals surface area (Å²) in [6.45, 7) is 39.5. The molecule has 308 valence electrons. The summed E-state index contributed by atoms with van der Waals surface area (Å²) in [6.07, 6.45) is 0.337. The highest BCUT2D eigenvalue weighted by atomic mass is 16.3. The minimum Gasteiger partial charge on any atom is -0.375 e. The van der Waals surface area contributed by atoms with Crippen molar-refractivity contribution in [3.8, 4) is 0 Å². The van der Waals surface area contributed by atoms with Crippen LogP contribution in [0.5, 0.6) is 0 Å². The number of hydrogen-bond acceptors (Lipinski definition) is 8. The van der Waals surface area contributed by atoms with E-state index in [4.69, 9.17) is 0 Å². The lowest BCUT2D eigenvalue weighted by Crippen LogP contribution is -2.57. The zero-order chi connectivity index (χ0) is 43.2. The first-order valence-electron chi connectivity index (χ1n) is 17.9. The second-order valence-corrected chi connectivity index (χ2v) is 14.3. The average molecular weight is 770 g/mol. The molecule has 0 spiro atoms. The predicted molar refractivity (Wildman–Crippen MR) is 220 cm³/mol.